The summed E-state index contributed by atoms with van der Waals surface area (Å²) in [6.45, 7) is 0. The Labute approximate surface area is 135 Å². The van der Waals surface area contributed by atoms with E-state index in [-0.39, 0.29) is 11.2 Å². The van der Waals surface area contributed by atoms with Gasteiger partial charge in [0.25, 0.3) is 0 Å². The maximum atomic E-state index is 13.5. The summed E-state index contributed by atoms with van der Waals surface area (Å²) >= 11 is 7.20. The van der Waals surface area contributed by atoms with Crippen molar-refractivity contribution in [1.82, 2.24) is 9.78 Å². The zero-order valence-corrected chi connectivity index (χ0v) is 14.5. The van der Waals surface area contributed by atoms with E-state index in [1.54, 1.807) is 12.1 Å². The predicted molar refractivity (Wildman–Crippen MR) is 87.2 cm³/mol. The van der Waals surface area contributed by atoms with Crippen molar-refractivity contribution in [2.24, 2.45) is 7.05 Å². The summed E-state index contributed by atoms with van der Waals surface area (Å²) in [7, 11) is 1.91. The second-order valence-corrected chi connectivity index (χ2v) is 6.20. The van der Waals surface area contributed by atoms with Crippen LogP contribution in [-0.2, 0) is 18.9 Å². The Bertz CT molecular complexity index is 565. The van der Waals surface area contributed by atoms with Gasteiger partial charge < -0.3 is 0 Å². The molecule has 1 aromatic carbocycles. The summed E-state index contributed by atoms with van der Waals surface area (Å²) in [5, 5.41) is 5.76. The Morgan fingerprint density at radius 1 is 1.30 bits per heavy atom. The fraction of sp³-hybridized carbons (Fsp3) is 0.400. The van der Waals surface area contributed by atoms with Gasteiger partial charge in [-0.05, 0) is 36.1 Å². The molecular weight excluding hydrogens is 387 g/mol. The molecular formula is C15H17Br2FN2. The number of aromatic nitrogens is 2. The smallest absolute Gasteiger partial charge is 0.123 e. The Morgan fingerprint density at radius 3 is 2.60 bits per heavy atom. The zero-order valence-electron chi connectivity index (χ0n) is 11.3. The van der Waals surface area contributed by atoms with Gasteiger partial charge in [-0.3, -0.25) is 4.68 Å². The first-order chi connectivity index (χ1) is 9.59. The Hall–Kier alpha value is -0.680. The monoisotopic (exact) mass is 402 g/mol. The van der Waals surface area contributed by atoms with Crippen LogP contribution in [-0.4, -0.2) is 20.4 Å². The fourth-order valence-corrected chi connectivity index (χ4v) is 4.41. The quantitative estimate of drug-likeness (QED) is 0.660. The van der Waals surface area contributed by atoms with E-state index in [1.807, 2.05) is 30.2 Å². The lowest BCUT2D eigenvalue weighted by Crippen LogP contribution is -2.31. The van der Waals surface area contributed by atoms with E-state index in [2.05, 4.69) is 37.0 Å². The Kier molecular flexibility index (Phi) is 5.38. The summed E-state index contributed by atoms with van der Waals surface area (Å²) in [6, 6.07) is 6.88. The van der Waals surface area contributed by atoms with Crippen molar-refractivity contribution in [3.63, 3.8) is 0 Å². The SMILES string of the molecule is Cn1cc(CCC(CBr)(CBr)c2cccc(F)c2)cn1. The van der Waals surface area contributed by atoms with Crippen LogP contribution in [0, 0.1) is 5.82 Å². The van der Waals surface area contributed by atoms with Gasteiger partial charge in [-0.25, -0.2) is 4.39 Å². The van der Waals surface area contributed by atoms with E-state index < -0.39 is 0 Å². The van der Waals surface area contributed by atoms with Crippen LogP contribution in [0.25, 0.3) is 0 Å². The van der Waals surface area contributed by atoms with Gasteiger partial charge in [0.05, 0.1) is 6.20 Å². The number of aryl methyl sites for hydroxylation is 2. The van der Waals surface area contributed by atoms with Crippen LogP contribution in [0.5, 0.6) is 0 Å². The van der Waals surface area contributed by atoms with Crippen LogP contribution in [0.4, 0.5) is 4.39 Å². The summed E-state index contributed by atoms with van der Waals surface area (Å²) in [5.41, 5.74) is 2.11. The molecule has 0 aliphatic rings. The summed E-state index contributed by atoms with van der Waals surface area (Å²) < 4.78 is 15.3. The minimum absolute atomic E-state index is 0.113. The molecule has 2 nitrogen and oxygen atoms in total. The van der Waals surface area contributed by atoms with Crippen LogP contribution >= 0.6 is 31.9 Å². The van der Waals surface area contributed by atoms with E-state index in [0.29, 0.717) is 0 Å². The molecule has 1 heterocycles. The lowest BCUT2D eigenvalue weighted by molar-refractivity contribution is 0.499. The topological polar surface area (TPSA) is 17.8 Å². The van der Waals surface area contributed by atoms with Gasteiger partial charge in [-0.15, -0.1) is 0 Å². The molecule has 0 aliphatic carbocycles. The Balaban J connectivity index is 2.20. The third-order valence-electron chi connectivity index (χ3n) is 3.60. The maximum absolute atomic E-state index is 13.5. The van der Waals surface area contributed by atoms with Crippen LogP contribution in [0.3, 0.4) is 0 Å². The molecule has 0 N–H and O–H groups in total. The highest BCUT2D eigenvalue weighted by atomic mass is 79.9. The van der Waals surface area contributed by atoms with Gasteiger partial charge in [0.2, 0.25) is 0 Å². The minimum atomic E-state index is -0.185. The van der Waals surface area contributed by atoms with E-state index in [9.17, 15) is 4.39 Å². The first-order valence-corrected chi connectivity index (χ1v) is 8.69. The van der Waals surface area contributed by atoms with E-state index in [0.717, 1.165) is 29.1 Å². The highest BCUT2D eigenvalue weighted by Crippen LogP contribution is 2.34. The molecule has 0 amide bonds. The molecule has 0 saturated carbocycles. The van der Waals surface area contributed by atoms with Gasteiger partial charge in [0.15, 0.2) is 0 Å². The van der Waals surface area contributed by atoms with E-state index in [4.69, 9.17) is 0 Å². The third-order valence-corrected chi connectivity index (χ3v) is 5.75. The number of alkyl halides is 2. The van der Waals surface area contributed by atoms with Crippen LogP contribution in [0.15, 0.2) is 36.7 Å². The highest BCUT2D eigenvalue weighted by Gasteiger charge is 2.30. The van der Waals surface area contributed by atoms with E-state index >= 15 is 0 Å². The van der Waals surface area contributed by atoms with Crippen LogP contribution in [0.2, 0.25) is 0 Å². The zero-order chi connectivity index (χ0) is 14.6. The fourth-order valence-electron chi connectivity index (χ4n) is 2.27. The second-order valence-electron chi connectivity index (χ2n) is 5.08. The van der Waals surface area contributed by atoms with Crippen LogP contribution in [0.1, 0.15) is 17.5 Å². The maximum Gasteiger partial charge on any atom is 0.123 e. The van der Waals surface area contributed by atoms with Crippen molar-refractivity contribution in [1.29, 1.82) is 0 Å². The lowest BCUT2D eigenvalue weighted by atomic mass is 9.79. The minimum Gasteiger partial charge on any atom is -0.276 e. The number of rotatable bonds is 6. The second kappa shape index (κ2) is 6.85. The molecule has 0 atom stereocenters. The first-order valence-electron chi connectivity index (χ1n) is 6.45. The van der Waals surface area contributed by atoms with Crippen molar-refractivity contribution in [3.05, 3.63) is 53.6 Å². The molecule has 0 aliphatic heterocycles. The lowest BCUT2D eigenvalue weighted by Gasteiger charge is -2.30. The molecule has 0 fully saturated rings. The van der Waals surface area contributed by atoms with Crippen molar-refractivity contribution >= 4 is 31.9 Å². The number of nitrogens with zero attached hydrogens (tertiary/aromatic N) is 2. The molecule has 20 heavy (non-hydrogen) atoms. The third kappa shape index (κ3) is 3.50. The average Bonchev–Trinajstić information content (AvgIpc) is 2.86. The largest absolute Gasteiger partial charge is 0.276 e. The normalized spacial score (nSPS) is 11.8. The summed E-state index contributed by atoms with van der Waals surface area (Å²) in [6.07, 6.45) is 5.76. The summed E-state index contributed by atoms with van der Waals surface area (Å²) in [4.78, 5) is 0. The molecule has 108 valence electrons. The number of hydrogen-bond donors (Lipinski definition) is 0. The van der Waals surface area contributed by atoms with Gasteiger partial charge in [0.1, 0.15) is 5.82 Å². The van der Waals surface area contributed by atoms with Crippen LogP contribution < -0.4 is 0 Å². The van der Waals surface area contributed by atoms with Gasteiger partial charge in [0, 0.05) is 29.3 Å². The van der Waals surface area contributed by atoms with Crippen molar-refractivity contribution in [3.8, 4) is 0 Å². The van der Waals surface area contributed by atoms with Gasteiger partial charge in [-0.2, -0.15) is 5.10 Å². The molecule has 1 aromatic heterocycles. The van der Waals surface area contributed by atoms with Gasteiger partial charge in [-0.1, -0.05) is 44.0 Å². The standard InChI is InChI=1S/C15H17Br2FN2/c1-20-9-12(8-19-20)5-6-15(10-16,11-17)13-3-2-4-14(18)7-13/h2-4,7-9H,5-6,10-11H2,1H3. The Morgan fingerprint density at radius 2 is 2.05 bits per heavy atom. The molecule has 5 heteroatoms. The van der Waals surface area contributed by atoms with Gasteiger partial charge >= 0.3 is 0 Å². The average molecular weight is 404 g/mol. The van der Waals surface area contributed by atoms with E-state index in [1.165, 1.54) is 11.6 Å². The molecule has 0 spiro atoms. The first kappa shape index (κ1) is 15.7. The number of hydrogen-bond acceptors (Lipinski definition) is 1. The summed E-state index contributed by atoms with van der Waals surface area (Å²) in [5.74, 6) is -0.185. The molecule has 0 bridgehead atoms. The number of benzene rings is 1. The van der Waals surface area contributed by atoms with Crippen molar-refractivity contribution in [2.75, 3.05) is 10.7 Å². The molecule has 0 unspecified atom stereocenters. The van der Waals surface area contributed by atoms with Crippen molar-refractivity contribution < 1.29 is 4.39 Å². The molecule has 2 rings (SSSR count). The number of halogens is 3. The highest BCUT2D eigenvalue weighted by molar-refractivity contribution is 9.09. The molecule has 0 radical (unpaired) electrons. The molecule has 2 aromatic rings. The molecule has 0 saturated heterocycles. The predicted octanol–water partition coefficient (Wildman–Crippen LogP) is 4.22. The van der Waals surface area contributed by atoms with Crippen molar-refractivity contribution in [2.45, 2.75) is 18.3 Å².